The third-order valence-corrected chi connectivity index (χ3v) is 3.79. The predicted octanol–water partition coefficient (Wildman–Crippen LogP) is 1.03. The van der Waals surface area contributed by atoms with Gasteiger partial charge in [0.05, 0.1) is 13.1 Å². The zero-order chi connectivity index (χ0) is 12.9. The highest BCUT2D eigenvalue weighted by Gasteiger charge is 2.22. The minimum atomic E-state index is 0.595. The van der Waals surface area contributed by atoms with Crippen molar-refractivity contribution in [1.82, 2.24) is 29.4 Å². The monoisotopic (exact) mass is 260 g/mol. The number of aromatic nitrogens is 5. The molecule has 1 atom stereocenters. The molecule has 1 aliphatic rings. The Morgan fingerprint density at radius 2 is 2.11 bits per heavy atom. The summed E-state index contributed by atoms with van der Waals surface area (Å²) in [4.78, 5) is 6.55. The van der Waals surface area contributed by atoms with E-state index in [1.165, 1.54) is 25.8 Å². The maximum Gasteiger partial charge on any atom is 0.137 e. The number of hydrogen-bond donors (Lipinski definition) is 0. The maximum atomic E-state index is 4.32. The van der Waals surface area contributed by atoms with E-state index in [0.717, 1.165) is 19.6 Å². The molecule has 6 nitrogen and oxygen atoms in total. The first-order valence-corrected chi connectivity index (χ1v) is 6.96. The number of rotatable bonds is 5. The van der Waals surface area contributed by atoms with Gasteiger partial charge < -0.3 is 0 Å². The van der Waals surface area contributed by atoms with Crippen molar-refractivity contribution < 1.29 is 0 Å². The van der Waals surface area contributed by atoms with E-state index in [1.54, 1.807) is 12.7 Å². The van der Waals surface area contributed by atoms with Gasteiger partial charge in [0.2, 0.25) is 0 Å². The van der Waals surface area contributed by atoms with Gasteiger partial charge in [-0.05, 0) is 25.5 Å². The first-order valence-electron chi connectivity index (χ1n) is 6.96. The molecule has 0 bridgehead atoms. The van der Waals surface area contributed by atoms with Crippen LogP contribution in [0.4, 0.5) is 0 Å². The molecule has 102 valence electrons. The van der Waals surface area contributed by atoms with Gasteiger partial charge in [-0.25, -0.2) is 4.98 Å². The number of likely N-dealkylation sites (tertiary alicyclic amines) is 1. The Kier molecular flexibility index (Phi) is 3.88. The molecule has 2 aromatic heterocycles. The summed E-state index contributed by atoms with van der Waals surface area (Å²) in [6.07, 6.45) is 11.2. The molecule has 0 amide bonds. The van der Waals surface area contributed by atoms with Gasteiger partial charge in [-0.15, -0.1) is 0 Å². The number of nitrogens with zero attached hydrogens (tertiary/aromatic N) is 6. The molecule has 1 aliphatic heterocycles. The highest BCUT2D eigenvalue weighted by atomic mass is 15.3. The quantitative estimate of drug-likeness (QED) is 0.805. The molecule has 3 rings (SSSR count). The molecule has 3 heterocycles. The van der Waals surface area contributed by atoms with Crippen molar-refractivity contribution in [2.75, 3.05) is 13.1 Å². The van der Waals surface area contributed by atoms with Crippen LogP contribution in [0.15, 0.2) is 31.1 Å². The summed E-state index contributed by atoms with van der Waals surface area (Å²) in [6, 6.07) is 2.58. The Bertz CT molecular complexity index is 463. The molecular formula is C13H20N6. The summed E-state index contributed by atoms with van der Waals surface area (Å²) < 4.78 is 3.94. The standard InChI is InChI=1S/C13H20N6/c1-2-6-17(8-9-19-12-14-11-16-19)13(4-1)10-18-7-3-5-15-18/h3,5,7,11-13H,1-2,4,6,8-10H2/t13-/m0/s1. The van der Waals surface area contributed by atoms with Crippen molar-refractivity contribution in [2.45, 2.75) is 38.4 Å². The molecule has 0 spiro atoms. The summed E-state index contributed by atoms with van der Waals surface area (Å²) in [5.74, 6) is 0. The van der Waals surface area contributed by atoms with E-state index in [9.17, 15) is 0 Å². The minimum Gasteiger partial charge on any atom is -0.297 e. The molecular weight excluding hydrogens is 240 g/mol. The molecule has 0 radical (unpaired) electrons. The summed E-state index contributed by atoms with van der Waals surface area (Å²) in [7, 11) is 0. The average Bonchev–Trinajstić information content (AvgIpc) is 3.10. The van der Waals surface area contributed by atoms with Gasteiger partial charge >= 0.3 is 0 Å². The van der Waals surface area contributed by atoms with Crippen LogP contribution in [0.2, 0.25) is 0 Å². The van der Waals surface area contributed by atoms with Crippen LogP contribution >= 0.6 is 0 Å². The lowest BCUT2D eigenvalue weighted by molar-refractivity contribution is 0.123. The molecule has 0 saturated carbocycles. The van der Waals surface area contributed by atoms with Crippen molar-refractivity contribution in [2.24, 2.45) is 0 Å². The van der Waals surface area contributed by atoms with Crippen molar-refractivity contribution in [3.05, 3.63) is 31.1 Å². The second-order valence-electron chi connectivity index (χ2n) is 5.07. The second kappa shape index (κ2) is 5.97. The fraction of sp³-hybridized carbons (Fsp3) is 0.615. The van der Waals surface area contributed by atoms with Gasteiger partial charge in [-0.1, -0.05) is 6.42 Å². The first-order chi connectivity index (χ1) is 9.42. The van der Waals surface area contributed by atoms with Crippen molar-refractivity contribution in [3.63, 3.8) is 0 Å². The van der Waals surface area contributed by atoms with E-state index in [0.29, 0.717) is 6.04 Å². The lowest BCUT2D eigenvalue weighted by atomic mass is 10.0. The largest absolute Gasteiger partial charge is 0.297 e. The van der Waals surface area contributed by atoms with Gasteiger partial charge in [0.15, 0.2) is 0 Å². The normalized spacial score (nSPS) is 20.7. The Labute approximate surface area is 113 Å². The Morgan fingerprint density at radius 1 is 1.11 bits per heavy atom. The van der Waals surface area contributed by atoms with Crippen LogP contribution < -0.4 is 0 Å². The molecule has 6 heteroatoms. The van der Waals surface area contributed by atoms with E-state index in [1.807, 2.05) is 27.8 Å². The average molecular weight is 260 g/mol. The fourth-order valence-corrected chi connectivity index (χ4v) is 2.76. The molecule has 0 unspecified atom stereocenters. The molecule has 0 aromatic carbocycles. The fourth-order valence-electron chi connectivity index (χ4n) is 2.76. The summed E-state index contributed by atoms with van der Waals surface area (Å²) in [5.41, 5.74) is 0. The van der Waals surface area contributed by atoms with E-state index in [2.05, 4.69) is 20.1 Å². The molecule has 1 saturated heterocycles. The third kappa shape index (κ3) is 3.20. The third-order valence-electron chi connectivity index (χ3n) is 3.79. The Morgan fingerprint density at radius 3 is 2.89 bits per heavy atom. The maximum absolute atomic E-state index is 4.32. The highest BCUT2D eigenvalue weighted by Crippen LogP contribution is 2.18. The van der Waals surface area contributed by atoms with E-state index >= 15 is 0 Å². The smallest absolute Gasteiger partial charge is 0.137 e. The zero-order valence-corrected chi connectivity index (χ0v) is 11.1. The summed E-state index contributed by atoms with van der Waals surface area (Å²) in [5, 5.41) is 8.48. The number of hydrogen-bond acceptors (Lipinski definition) is 4. The van der Waals surface area contributed by atoms with E-state index in [4.69, 9.17) is 0 Å². The number of piperidine rings is 1. The molecule has 2 aromatic rings. The molecule has 0 aliphatic carbocycles. The van der Waals surface area contributed by atoms with E-state index < -0.39 is 0 Å². The summed E-state index contributed by atoms with van der Waals surface area (Å²) >= 11 is 0. The van der Waals surface area contributed by atoms with Crippen LogP contribution in [0.25, 0.3) is 0 Å². The van der Waals surface area contributed by atoms with Crippen LogP contribution in [0.1, 0.15) is 19.3 Å². The Hall–Kier alpha value is -1.69. The van der Waals surface area contributed by atoms with Crippen LogP contribution in [0.5, 0.6) is 0 Å². The van der Waals surface area contributed by atoms with Gasteiger partial charge in [0.25, 0.3) is 0 Å². The highest BCUT2D eigenvalue weighted by molar-refractivity contribution is 4.82. The molecule has 0 N–H and O–H groups in total. The van der Waals surface area contributed by atoms with Gasteiger partial charge in [-0.3, -0.25) is 14.3 Å². The topological polar surface area (TPSA) is 51.8 Å². The van der Waals surface area contributed by atoms with Crippen molar-refractivity contribution in [1.29, 1.82) is 0 Å². The second-order valence-corrected chi connectivity index (χ2v) is 5.07. The van der Waals surface area contributed by atoms with Crippen molar-refractivity contribution in [3.8, 4) is 0 Å². The first kappa shape index (κ1) is 12.3. The molecule has 19 heavy (non-hydrogen) atoms. The van der Waals surface area contributed by atoms with Gasteiger partial charge in [-0.2, -0.15) is 10.2 Å². The Balaban J connectivity index is 1.57. The summed E-state index contributed by atoms with van der Waals surface area (Å²) in [6.45, 7) is 4.12. The predicted molar refractivity (Wildman–Crippen MR) is 71.5 cm³/mol. The SMILES string of the molecule is c1cnn(C[C@@H]2CCCCN2CCn2cncn2)c1. The zero-order valence-electron chi connectivity index (χ0n) is 11.1. The van der Waals surface area contributed by atoms with Crippen LogP contribution in [-0.4, -0.2) is 48.6 Å². The van der Waals surface area contributed by atoms with Crippen molar-refractivity contribution >= 4 is 0 Å². The van der Waals surface area contributed by atoms with Crippen LogP contribution in [0.3, 0.4) is 0 Å². The van der Waals surface area contributed by atoms with Gasteiger partial charge in [0.1, 0.15) is 12.7 Å². The lowest BCUT2D eigenvalue weighted by Gasteiger charge is -2.35. The molecule has 1 fully saturated rings. The van der Waals surface area contributed by atoms with Gasteiger partial charge in [0, 0.05) is 25.0 Å². The van der Waals surface area contributed by atoms with Crippen LogP contribution in [-0.2, 0) is 13.1 Å². The van der Waals surface area contributed by atoms with E-state index in [-0.39, 0.29) is 0 Å². The lowest BCUT2D eigenvalue weighted by Crippen LogP contribution is -2.43. The minimum absolute atomic E-state index is 0.595. The van der Waals surface area contributed by atoms with Crippen LogP contribution in [0, 0.1) is 0 Å².